The fraction of sp³-hybridized carbons (Fsp3) is 0.172. The first-order chi connectivity index (χ1) is 36.8. The summed E-state index contributed by atoms with van der Waals surface area (Å²) >= 11 is 6.08. The second-order valence-corrected chi connectivity index (χ2v) is 18.7. The van der Waals surface area contributed by atoms with E-state index >= 15 is 0 Å². The average Bonchev–Trinajstić information content (AvgIpc) is 4.28. The summed E-state index contributed by atoms with van der Waals surface area (Å²) in [6.45, 7) is 3.47. The van der Waals surface area contributed by atoms with Gasteiger partial charge in [0.2, 0.25) is 23.6 Å². The molecule has 0 aliphatic carbocycles. The van der Waals surface area contributed by atoms with Crippen LogP contribution in [0.1, 0.15) is 22.8 Å². The maximum atomic E-state index is 13.9. The standard InChI is InChI=1S/C58H53ClN12O4/c59-31-51(72)67-39-13-5-1-9-35(39)55-43-17-19-45(63-43)56-36-10-2-6-14-40(36)68-52(73)32-60-25-28-71-29-26-61-33-53(74)69-41-15-7-3-11-37(41)57(46-20-18-44(55)64-46)48-22-24-50(66-48)58(49-23-21-47(56)65-49)38-12-4-8-16-42(38)70-54(75)34-62-27-30-71/h1-24,60-64H,25-34H2,(H,67,72)(H,68,73)(H,69,74)(H,70,75). The van der Waals surface area contributed by atoms with E-state index in [0.717, 1.165) is 5.56 Å². The van der Waals surface area contributed by atoms with Crippen LogP contribution < -0.4 is 37.2 Å². The molecule has 0 spiro atoms. The van der Waals surface area contributed by atoms with Gasteiger partial charge in [-0.3, -0.25) is 24.1 Å². The lowest BCUT2D eigenvalue weighted by atomic mass is 10.00. The third kappa shape index (κ3) is 10.5. The summed E-state index contributed by atoms with van der Waals surface area (Å²) < 4.78 is 0. The van der Waals surface area contributed by atoms with Crippen molar-refractivity contribution in [3.63, 3.8) is 0 Å². The van der Waals surface area contributed by atoms with Gasteiger partial charge in [-0.25, -0.2) is 9.97 Å². The summed E-state index contributed by atoms with van der Waals surface area (Å²) in [6, 6.07) is 38.5. The third-order valence-electron chi connectivity index (χ3n) is 13.4. The average molecular weight is 1020 g/mol. The lowest BCUT2D eigenvalue weighted by molar-refractivity contribution is -0.116. The Morgan fingerprint density at radius 1 is 0.467 bits per heavy atom. The highest BCUT2D eigenvalue weighted by Crippen LogP contribution is 2.43. The Balaban J connectivity index is 1.29. The Labute approximate surface area is 437 Å². The van der Waals surface area contributed by atoms with Gasteiger partial charge < -0.3 is 47.2 Å². The SMILES string of the molecule is O=C1CNCCN2CCNCC(=O)Nc3ccccc3-c3c4nc(c(c5nc(c(c6ccc([nH]6)c(-c6ccccc6NC(=O)CCl)c6ccc3[nH]6)-c3ccccc3NC(=O)CNCC2)C=C5)-c2ccccc2N1)C=C4. The summed E-state index contributed by atoms with van der Waals surface area (Å²) in [7, 11) is 0. The zero-order chi connectivity index (χ0) is 51.3. The smallest absolute Gasteiger partial charge is 0.239 e. The normalized spacial score (nSPS) is 15.5. The molecule has 4 aliphatic heterocycles. The Morgan fingerprint density at radius 2 is 0.827 bits per heavy atom. The first-order valence-corrected chi connectivity index (χ1v) is 25.4. The number of aromatic nitrogens is 4. The number of hydrogen-bond acceptors (Lipinski definition) is 10. The van der Waals surface area contributed by atoms with E-state index in [1.807, 2.05) is 146 Å². The molecule has 0 atom stereocenters. The summed E-state index contributed by atoms with van der Waals surface area (Å²) in [5.41, 5.74) is 13.0. The van der Waals surface area contributed by atoms with E-state index < -0.39 is 0 Å². The van der Waals surface area contributed by atoms with Gasteiger partial charge >= 0.3 is 0 Å². The van der Waals surface area contributed by atoms with Gasteiger partial charge in [-0.1, -0.05) is 72.8 Å². The third-order valence-corrected chi connectivity index (χ3v) is 13.7. The predicted molar refractivity (Wildman–Crippen MR) is 301 cm³/mol. The number of benzene rings is 4. The lowest BCUT2D eigenvalue weighted by Crippen LogP contribution is -2.43. The van der Waals surface area contributed by atoms with Gasteiger partial charge in [0.15, 0.2) is 0 Å². The quantitative estimate of drug-likeness (QED) is 0.0609. The highest BCUT2D eigenvalue weighted by molar-refractivity contribution is 6.29. The first-order valence-electron chi connectivity index (χ1n) is 24.9. The van der Waals surface area contributed by atoms with E-state index in [2.05, 4.69) is 52.1 Å². The van der Waals surface area contributed by atoms with E-state index in [1.165, 1.54) is 0 Å². The molecule has 0 fully saturated rings. The molecule has 11 rings (SSSR count). The zero-order valence-corrected chi connectivity index (χ0v) is 41.5. The van der Waals surface area contributed by atoms with Crippen molar-refractivity contribution in [2.75, 3.05) is 86.0 Å². The van der Waals surface area contributed by atoms with Crippen LogP contribution in [0.2, 0.25) is 0 Å². The van der Waals surface area contributed by atoms with Gasteiger partial charge in [-0.15, -0.1) is 11.6 Å². The van der Waals surface area contributed by atoms with Crippen molar-refractivity contribution in [2.24, 2.45) is 0 Å². The van der Waals surface area contributed by atoms with Crippen molar-refractivity contribution in [3.05, 3.63) is 144 Å². The number of nitrogens with one attached hydrogen (secondary N) is 9. The number of amides is 4. The summed E-state index contributed by atoms with van der Waals surface area (Å²) in [6.07, 6.45) is 7.81. The molecule has 0 saturated carbocycles. The van der Waals surface area contributed by atoms with Crippen LogP contribution in [0.25, 0.3) is 90.9 Å². The molecule has 4 aliphatic rings. The molecular formula is C58H53ClN12O4. The largest absolute Gasteiger partial charge is 0.354 e. The molecule has 0 radical (unpaired) electrons. The molecule has 0 unspecified atom stereocenters. The number of halogens is 1. The van der Waals surface area contributed by atoms with E-state index in [1.54, 1.807) is 0 Å². The molecule has 4 amide bonds. The lowest BCUT2D eigenvalue weighted by Gasteiger charge is -2.23. The van der Waals surface area contributed by atoms with E-state index in [9.17, 15) is 19.2 Å². The minimum absolute atomic E-state index is 0.0445. The van der Waals surface area contributed by atoms with Crippen LogP contribution in [0.4, 0.5) is 22.7 Å². The fourth-order valence-electron chi connectivity index (χ4n) is 10.00. The number of anilines is 4. The molecule has 0 saturated heterocycles. The number of rotatable bonds is 3. The molecule has 4 aromatic carbocycles. The van der Waals surface area contributed by atoms with Crippen LogP contribution >= 0.6 is 11.6 Å². The maximum Gasteiger partial charge on any atom is 0.239 e. The van der Waals surface area contributed by atoms with Gasteiger partial charge in [0.05, 0.1) is 42.4 Å². The number of carbonyl (C=O) groups is 4. The predicted octanol–water partition coefficient (Wildman–Crippen LogP) is 8.41. The number of alkyl halides is 1. The summed E-state index contributed by atoms with van der Waals surface area (Å²) in [4.78, 5) is 75.5. The molecule has 7 heterocycles. The molecule has 7 aromatic rings. The Bertz CT molecular complexity index is 3470. The highest BCUT2D eigenvalue weighted by Gasteiger charge is 2.24. The second kappa shape index (κ2) is 21.9. The summed E-state index contributed by atoms with van der Waals surface area (Å²) in [5, 5.41) is 22.6. The maximum absolute atomic E-state index is 13.9. The van der Waals surface area contributed by atoms with Crippen molar-refractivity contribution in [1.29, 1.82) is 0 Å². The first kappa shape index (κ1) is 48.7. The zero-order valence-electron chi connectivity index (χ0n) is 40.8. The minimum atomic E-state index is -0.367. The van der Waals surface area contributed by atoms with Crippen molar-refractivity contribution in [1.82, 2.24) is 40.8 Å². The molecule has 9 N–H and O–H groups in total. The van der Waals surface area contributed by atoms with Crippen LogP contribution in [0, 0.1) is 0 Å². The second-order valence-electron chi connectivity index (χ2n) is 18.4. The van der Waals surface area contributed by atoms with Gasteiger partial charge in [0, 0.05) is 129 Å². The monoisotopic (exact) mass is 1020 g/mol. The van der Waals surface area contributed by atoms with E-state index in [-0.39, 0.29) is 49.1 Å². The Hall–Kier alpha value is -8.51. The minimum Gasteiger partial charge on any atom is -0.354 e. The fourth-order valence-corrected chi connectivity index (χ4v) is 10.1. The van der Waals surface area contributed by atoms with Crippen molar-refractivity contribution >= 4 is 104 Å². The molecule has 17 heteroatoms. The Morgan fingerprint density at radius 3 is 1.25 bits per heavy atom. The van der Waals surface area contributed by atoms with Gasteiger partial charge in [0.25, 0.3) is 0 Å². The van der Waals surface area contributed by atoms with Crippen LogP contribution in [0.5, 0.6) is 0 Å². The number of nitrogens with zero attached hydrogens (tertiary/aromatic N) is 3. The van der Waals surface area contributed by atoms with Crippen molar-refractivity contribution < 1.29 is 19.2 Å². The molecule has 3 aromatic heterocycles. The van der Waals surface area contributed by atoms with Gasteiger partial charge in [0.1, 0.15) is 5.88 Å². The van der Waals surface area contributed by atoms with Gasteiger partial charge in [-0.2, -0.15) is 0 Å². The van der Waals surface area contributed by atoms with Crippen LogP contribution in [0.3, 0.4) is 0 Å². The summed E-state index contributed by atoms with van der Waals surface area (Å²) in [5.74, 6) is -1.28. The Kier molecular flexibility index (Phi) is 14.2. The van der Waals surface area contributed by atoms with Crippen LogP contribution in [-0.4, -0.2) is 113 Å². The molecule has 376 valence electrons. The van der Waals surface area contributed by atoms with Crippen molar-refractivity contribution in [2.45, 2.75) is 0 Å². The van der Waals surface area contributed by atoms with E-state index in [0.29, 0.717) is 146 Å². The molecule has 12 bridgehead atoms. The topological polar surface area (TPSA) is 213 Å². The molecule has 16 nitrogen and oxygen atoms in total. The van der Waals surface area contributed by atoms with Gasteiger partial charge in [-0.05, 0) is 72.8 Å². The molecular weight excluding hydrogens is 964 g/mol. The number of para-hydroxylation sites is 4. The number of hydrogen-bond donors (Lipinski definition) is 9. The number of aromatic amines is 2. The number of H-pyrrole nitrogens is 2. The van der Waals surface area contributed by atoms with E-state index in [4.69, 9.17) is 21.6 Å². The van der Waals surface area contributed by atoms with Crippen molar-refractivity contribution in [3.8, 4) is 44.5 Å². The molecule has 75 heavy (non-hydrogen) atoms. The highest BCUT2D eigenvalue weighted by atomic mass is 35.5. The van der Waals surface area contributed by atoms with Crippen LogP contribution in [-0.2, 0) is 19.2 Å². The number of fused-ring (bicyclic) bond motifs is 16. The number of carbonyl (C=O) groups excluding carboxylic acids is 4. The van der Waals surface area contributed by atoms with Crippen LogP contribution in [0.15, 0.2) is 121 Å².